The van der Waals surface area contributed by atoms with Crippen molar-refractivity contribution in [3.05, 3.63) is 28.4 Å². The first kappa shape index (κ1) is 17.6. The number of nitroso groups, excluding NO2 is 1. The molecule has 1 saturated heterocycles. The van der Waals surface area contributed by atoms with E-state index in [-0.39, 0.29) is 6.54 Å². The molecule has 27 heavy (non-hydrogen) atoms. The van der Waals surface area contributed by atoms with Crippen LogP contribution in [-0.2, 0) is 0 Å². The number of H-pyrrole nitrogens is 1. The Hall–Kier alpha value is -2.85. The van der Waals surface area contributed by atoms with Gasteiger partial charge in [-0.05, 0) is 18.9 Å². The minimum absolute atomic E-state index is 0.259. The molecular weight excluding hydrogens is 370 g/mol. The largest absolute Gasteiger partial charge is 0.384 e. The van der Waals surface area contributed by atoms with Gasteiger partial charge in [-0.3, -0.25) is 5.10 Å². The molecule has 0 atom stereocenters. The number of fused-ring (bicyclic) bond motifs is 1. The van der Waals surface area contributed by atoms with Crippen LogP contribution >= 0.6 is 11.6 Å². The molecule has 0 unspecified atom stereocenters. The number of nitrogens with zero attached hydrogens (tertiary/aromatic N) is 6. The zero-order valence-electron chi connectivity index (χ0n) is 14.4. The SMILES string of the molecule is NCC1(N=O)CCN(c2cnc3c(-c4cc(N)ncc4Cl)n[nH]c3n2)CC1. The molecule has 0 bridgehead atoms. The van der Waals surface area contributed by atoms with Crippen LogP contribution in [0.1, 0.15) is 12.8 Å². The Kier molecular flexibility index (Phi) is 4.36. The average Bonchev–Trinajstić information content (AvgIpc) is 3.13. The third kappa shape index (κ3) is 3.06. The van der Waals surface area contributed by atoms with Crippen LogP contribution < -0.4 is 16.4 Å². The van der Waals surface area contributed by atoms with Gasteiger partial charge in [0.1, 0.15) is 28.4 Å². The number of halogens is 1. The number of hydrogen-bond acceptors (Lipinski definition) is 9. The Labute approximate surface area is 159 Å². The number of piperidine rings is 1. The molecule has 0 aromatic carbocycles. The number of nitrogens with one attached hydrogen (secondary N) is 1. The van der Waals surface area contributed by atoms with E-state index in [1.54, 1.807) is 12.3 Å². The summed E-state index contributed by atoms with van der Waals surface area (Å²) in [5.74, 6) is 1.05. The van der Waals surface area contributed by atoms with Gasteiger partial charge in [0.2, 0.25) is 0 Å². The first-order valence-electron chi connectivity index (χ1n) is 8.47. The highest BCUT2D eigenvalue weighted by molar-refractivity contribution is 6.33. The van der Waals surface area contributed by atoms with Crippen molar-refractivity contribution in [2.24, 2.45) is 10.9 Å². The van der Waals surface area contributed by atoms with Crippen LogP contribution in [0.3, 0.4) is 0 Å². The van der Waals surface area contributed by atoms with Crippen LogP contribution in [0.15, 0.2) is 23.6 Å². The van der Waals surface area contributed by atoms with E-state index in [0.717, 1.165) is 0 Å². The summed E-state index contributed by atoms with van der Waals surface area (Å²) in [5, 5.41) is 10.9. The molecule has 5 N–H and O–H groups in total. The van der Waals surface area contributed by atoms with E-state index in [0.29, 0.717) is 65.0 Å². The number of nitrogen functional groups attached to an aromatic ring is 1. The predicted molar refractivity (Wildman–Crippen MR) is 103 cm³/mol. The molecule has 0 saturated carbocycles. The lowest BCUT2D eigenvalue weighted by molar-refractivity contribution is 0.341. The molecule has 3 aromatic rings. The molecule has 0 spiro atoms. The number of aromatic nitrogens is 5. The topological polar surface area (TPSA) is 152 Å². The summed E-state index contributed by atoms with van der Waals surface area (Å²) in [4.78, 5) is 26.2. The molecule has 3 aromatic heterocycles. The minimum Gasteiger partial charge on any atom is -0.384 e. The average molecular weight is 388 g/mol. The highest BCUT2D eigenvalue weighted by Gasteiger charge is 2.35. The first-order valence-corrected chi connectivity index (χ1v) is 8.85. The molecule has 10 nitrogen and oxygen atoms in total. The maximum atomic E-state index is 11.1. The van der Waals surface area contributed by atoms with Crippen molar-refractivity contribution in [1.29, 1.82) is 0 Å². The molecule has 4 heterocycles. The van der Waals surface area contributed by atoms with Gasteiger partial charge in [0, 0.05) is 31.4 Å². The van der Waals surface area contributed by atoms with E-state index in [4.69, 9.17) is 23.1 Å². The van der Waals surface area contributed by atoms with Gasteiger partial charge in [0.05, 0.1) is 11.2 Å². The highest BCUT2D eigenvalue weighted by Crippen LogP contribution is 2.32. The van der Waals surface area contributed by atoms with Gasteiger partial charge in [0.25, 0.3) is 0 Å². The van der Waals surface area contributed by atoms with Crippen LogP contribution in [-0.4, -0.2) is 50.3 Å². The smallest absolute Gasteiger partial charge is 0.177 e. The molecule has 4 rings (SSSR count). The lowest BCUT2D eigenvalue weighted by Gasteiger charge is -2.36. The minimum atomic E-state index is -0.673. The van der Waals surface area contributed by atoms with Crippen LogP contribution in [0.4, 0.5) is 11.6 Å². The molecule has 0 aliphatic carbocycles. The van der Waals surface area contributed by atoms with Gasteiger partial charge in [-0.2, -0.15) is 10.0 Å². The first-order chi connectivity index (χ1) is 13.0. The molecule has 1 fully saturated rings. The van der Waals surface area contributed by atoms with Crippen molar-refractivity contribution in [3.63, 3.8) is 0 Å². The monoisotopic (exact) mass is 387 g/mol. The van der Waals surface area contributed by atoms with Gasteiger partial charge in [-0.25, -0.2) is 15.0 Å². The van der Waals surface area contributed by atoms with Crippen LogP contribution in [0, 0.1) is 4.91 Å². The fourth-order valence-electron chi connectivity index (χ4n) is 3.25. The zero-order chi connectivity index (χ0) is 19.0. The van der Waals surface area contributed by atoms with Gasteiger partial charge < -0.3 is 16.4 Å². The molecular formula is C16H18ClN9O. The second-order valence-electron chi connectivity index (χ2n) is 6.59. The Bertz CT molecular complexity index is 997. The van der Waals surface area contributed by atoms with Crippen molar-refractivity contribution in [2.75, 3.05) is 30.3 Å². The quantitative estimate of drug-likeness (QED) is 0.572. The van der Waals surface area contributed by atoms with Gasteiger partial charge in [-0.1, -0.05) is 16.8 Å². The number of pyridine rings is 1. The standard InChI is InChI=1S/C16H18ClN9O/c17-10-6-20-11(19)5-9(10)13-14-15(24-23-13)22-12(7-21-14)26-3-1-16(8-18,25-27)2-4-26/h5-7H,1-4,8,18H2,(H2,19,20)(H,22,23,24). The van der Waals surface area contributed by atoms with Crippen molar-refractivity contribution in [3.8, 4) is 11.3 Å². The number of nitrogens with two attached hydrogens (primary N) is 2. The van der Waals surface area contributed by atoms with Crippen LogP contribution in [0.5, 0.6) is 0 Å². The summed E-state index contributed by atoms with van der Waals surface area (Å²) in [6, 6.07) is 1.65. The molecule has 11 heteroatoms. The van der Waals surface area contributed by atoms with Crippen molar-refractivity contribution >= 4 is 34.4 Å². The van der Waals surface area contributed by atoms with Crippen molar-refractivity contribution < 1.29 is 0 Å². The van der Waals surface area contributed by atoms with E-state index in [1.165, 1.54) is 6.20 Å². The number of hydrogen-bond donors (Lipinski definition) is 3. The van der Waals surface area contributed by atoms with E-state index in [2.05, 4.69) is 35.2 Å². The predicted octanol–water partition coefficient (Wildman–Crippen LogP) is 1.71. The maximum absolute atomic E-state index is 11.1. The zero-order valence-corrected chi connectivity index (χ0v) is 15.1. The van der Waals surface area contributed by atoms with Crippen molar-refractivity contribution in [1.82, 2.24) is 25.1 Å². The summed E-state index contributed by atoms with van der Waals surface area (Å²) in [6.07, 6.45) is 4.34. The Morgan fingerprint density at radius 2 is 2.07 bits per heavy atom. The molecule has 1 aliphatic heterocycles. The summed E-state index contributed by atoms with van der Waals surface area (Å²) in [7, 11) is 0. The number of rotatable bonds is 4. The molecule has 0 amide bonds. The third-order valence-electron chi connectivity index (χ3n) is 4.98. The fraction of sp³-hybridized carbons (Fsp3) is 0.375. The fourth-order valence-corrected chi connectivity index (χ4v) is 3.45. The van der Waals surface area contributed by atoms with E-state index < -0.39 is 5.54 Å². The Morgan fingerprint density at radius 3 is 2.78 bits per heavy atom. The Morgan fingerprint density at radius 1 is 1.30 bits per heavy atom. The second-order valence-corrected chi connectivity index (χ2v) is 7.00. The number of aromatic amines is 1. The Balaban J connectivity index is 1.64. The lowest BCUT2D eigenvalue weighted by atomic mass is 9.89. The summed E-state index contributed by atoms with van der Waals surface area (Å²) >= 11 is 6.22. The number of anilines is 2. The second kappa shape index (κ2) is 6.71. The van der Waals surface area contributed by atoms with Gasteiger partial charge >= 0.3 is 0 Å². The highest BCUT2D eigenvalue weighted by atomic mass is 35.5. The van der Waals surface area contributed by atoms with E-state index in [1.807, 2.05) is 0 Å². The van der Waals surface area contributed by atoms with E-state index >= 15 is 0 Å². The molecule has 1 aliphatic rings. The van der Waals surface area contributed by atoms with Crippen LogP contribution in [0.25, 0.3) is 22.4 Å². The van der Waals surface area contributed by atoms with Crippen molar-refractivity contribution in [2.45, 2.75) is 18.4 Å². The normalized spacial score (nSPS) is 16.6. The third-order valence-corrected chi connectivity index (χ3v) is 5.28. The molecule has 0 radical (unpaired) electrons. The van der Waals surface area contributed by atoms with Gasteiger partial charge in [0.15, 0.2) is 5.65 Å². The molecule has 140 valence electrons. The van der Waals surface area contributed by atoms with Gasteiger partial charge in [-0.15, -0.1) is 0 Å². The summed E-state index contributed by atoms with van der Waals surface area (Å²) in [6.45, 7) is 1.53. The van der Waals surface area contributed by atoms with Crippen LogP contribution in [0.2, 0.25) is 5.02 Å². The van der Waals surface area contributed by atoms with E-state index in [9.17, 15) is 4.91 Å². The summed E-state index contributed by atoms with van der Waals surface area (Å²) < 4.78 is 0. The lowest BCUT2D eigenvalue weighted by Crippen LogP contribution is -2.47. The maximum Gasteiger partial charge on any atom is 0.177 e. The summed E-state index contributed by atoms with van der Waals surface area (Å²) in [5.41, 5.74) is 13.1.